The first-order chi connectivity index (χ1) is 9.72. The normalized spacial score (nSPS) is 10.9. The molecule has 3 aromatic rings. The van der Waals surface area contributed by atoms with Gasteiger partial charge in [0.1, 0.15) is 10.9 Å². The van der Waals surface area contributed by atoms with Crippen molar-refractivity contribution in [3.8, 4) is 0 Å². The van der Waals surface area contributed by atoms with Gasteiger partial charge in [0, 0.05) is 11.1 Å². The number of hydrogen-bond acceptors (Lipinski definition) is 3. The van der Waals surface area contributed by atoms with Crippen molar-refractivity contribution in [3.63, 3.8) is 0 Å². The Morgan fingerprint density at radius 1 is 0.950 bits per heavy atom. The zero-order valence-corrected chi connectivity index (χ0v) is 12.4. The van der Waals surface area contributed by atoms with E-state index in [1.54, 1.807) is 11.8 Å². The first kappa shape index (κ1) is 13.1. The summed E-state index contributed by atoms with van der Waals surface area (Å²) < 4.78 is 0. The predicted octanol–water partition coefficient (Wildman–Crippen LogP) is 4.54. The number of aryl methyl sites for hydroxylation is 2. The molecule has 0 saturated carbocycles. The second-order valence-corrected chi connectivity index (χ2v) is 5.83. The van der Waals surface area contributed by atoms with Crippen LogP contribution in [0.1, 0.15) is 17.0 Å². The van der Waals surface area contributed by atoms with Gasteiger partial charge >= 0.3 is 0 Å². The second kappa shape index (κ2) is 5.63. The average molecular weight is 280 g/mol. The number of para-hydroxylation sites is 1. The van der Waals surface area contributed by atoms with E-state index in [4.69, 9.17) is 0 Å². The maximum atomic E-state index is 4.59. The molecule has 0 spiro atoms. The summed E-state index contributed by atoms with van der Waals surface area (Å²) >= 11 is 1.77. The molecule has 1 heterocycles. The molecule has 1 aromatic heterocycles. The number of rotatable bonds is 3. The lowest BCUT2D eigenvalue weighted by Gasteiger charge is -2.07. The Labute approximate surface area is 123 Å². The number of hydrogen-bond donors (Lipinski definition) is 0. The van der Waals surface area contributed by atoms with Gasteiger partial charge in [-0.25, -0.2) is 9.97 Å². The molecule has 0 atom stereocenters. The third-order valence-electron chi connectivity index (χ3n) is 3.14. The van der Waals surface area contributed by atoms with Crippen LogP contribution in [-0.4, -0.2) is 9.97 Å². The molecule has 0 aliphatic rings. The van der Waals surface area contributed by atoms with Crippen molar-refractivity contribution < 1.29 is 0 Å². The Bertz CT molecular complexity index is 753. The van der Waals surface area contributed by atoms with Crippen LogP contribution >= 0.6 is 11.8 Å². The summed E-state index contributed by atoms with van der Waals surface area (Å²) in [5.74, 6) is 1.76. The minimum atomic E-state index is 0.829. The number of fused-ring (bicyclic) bond motifs is 1. The van der Waals surface area contributed by atoms with E-state index in [-0.39, 0.29) is 0 Å². The molecular weight excluding hydrogens is 264 g/mol. The smallest absolute Gasteiger partial charge is 0.127 e. The van der Waals surface area contributed by atoms with E-state index in [0.29, 0.717) is 0 Å². The summed E-state index contributed by atoms with van der Waals surface area (Å²) in [7, 11) is 0. The number of thioether (sulfide) groups is 1. The first-order valence-electron chi connectivity index (χ1n) is 6.64. The van der Waals surface area contributed by atoms with Crippen molar-refractivity contribution in [1.82, 2.24) is 9.97 Å². The average Bonchev–Trinajstić information content (AvgIpc) is 2.44. The molecule has 3 rings (SSSR count). The van der Waals surface area contributed by atoms with E-state index in [9.17, 15) is 0 Å². The van der Waals surface area contributed by atoms with Crippen LogP contribution < -0.4 is 0 Å². The fourth-order valence-corrected chi connectivity index (χ4v) is 3.23. The van der Waals surface area contributed by atoms with Crippen molar-refractivity contribution in [3.05, 3.63) is 65.5 Å². The Morgan fingerprint density at radius 2 is 1.80 bits per heavy atom. The molecule has 0 N–H and O–H groups in total. The molecule has 0 radical (unpaired) electrons. The molecule has 0 amide bonds. The standard InChI is InChI=1S/C17H16N2S/c1-12-6-5-7-14(10-12)11-20-17-15-8-3-4-9-16(15)18-13(2)19-17/h3-10H,11H2,1-2H3. The Kier molecular flexibility index (Phi) is 3.70. The van der Waals surface area contributed by atoms with Crippen molar-refractivity contribution in [1.29, 1.82) is 0 Å². The van der Waals surface area contributed by atoms with Crippen LogP contribution in [-0.2, 0) is 5.75 Å². The number of aromatic nitrogens is 2. The highest BCUT2D eigenvalue weighted by Crippen LogP contribution is 2.28. The van der Waals surface area contributed by atoms with Gasteiger partial charge < -0.3 is 0 Å². The van der Waals surface area contributed by atoms with Gasteiger partial charge in [0.05, 0.1) is 5.52 Å². The predicted molar refractivity (Wildman–Crippen MR) is 85.0 cm³/mol. The highest BCUT2D eigenvalue weighted by Gasteiger charge is 2.06. The zero-order valence-electron chi connectivity index (χ0n) is 11.6. The molecule has 0 aliphatic carbocycles. The first-order valence-corrected chi connectivity index (χ1v) is 7.63. The summed E-state index contributed by atoms with van der Waals surface area (Å²) in [6.45, 7) is 4.07. The van der Waals surface area contributed by atoms with Crippen LogP contribution in [0.3, 0.4) is 0 Å². The monoisotopic (exact) mass is 280 g/mol. The van der Waals surface area contributed by atoms with Crippen molar-refractivity contribution in [2.45, 2.75) is 24.6 Å². The van der Waals surface area contributed by atoms with Crippen molar-refractivity contribution >= 4 is 22.7 Å². The Morgan fingerprint density at radius 3 is 2.65 bits per heavy atom. The van der Waals surface area contributed by atoms with Gasteiger partial charge in [0.2, 0.25) is 0 Å². The molecule has 2 aromatic carbocycles. The molecule has 0 bridgehead atoms. The largest absolute Gasteiger partial charge is 0.233 e. The van der Waals surface area contributed by atoms with Gasteiger partial charge in [-0.05, 0) is 25.5 Å². The van der Waals surface area contributed by atoms with Gasteiger partial charge in [-0.1, -0.05) is 48.0 Å². The molecule has 0 unspecified atom stereocenters. The summed E-state index contributed by atoms with van der Waals surface area (Å²) in [6, 6.07) is 16.8. The van der Waals surface area contributed by atoms with Gasteiger partial charge in [0.25, 0.3) is 0 Å². The molecule has 100 valence electrons. The molecule has 0 saturated heterocycles. The summed E-state index contributed by atoms with van der Waals surface area (Å²) in [5, 5.41) is 2.20. The van der Waals surface area contributed by atoms with Gasteiger partial charge in [-0.3, -0.25) is 0 Å². The lowest BCUT2D eigenvalue weighted by molar-refractivity contribution is 1.01. The molecule has 0 fully saturated rings. The lowest BCUT2D eigenvalue weighted by Crippen LogP contribution is -1.93. The van der Waals surface area contributed by atoms with Gasteiger partial charge in [-0.15, -0.1) is 11.8 Å². The van der Waals surface area contributed by atoms with Crippen LogP contribution in [0, 0.1) is 13.8 Å². The van der Waals surface area contributed by atoms with Crippen LogP contribution in [0.5, 0.6) is 0 Å². The highest BCUT2D eigenvalue weighted by molar-refractivity contribution is 7.98. The number of benzene rings is 2. The van der Waals surface area contributed by atoms with Crippen LogP contribution in [0.2, 0.25) is 0 Å². The SMILES string of the molecule is Cc1cccc(CSc2nc(C)nc3ccccc23)c1. The van der Waals surface area contributed by atoms with Crippen LogP contribution in [0.25, 0.3) is 10.9 Å². The van der Waals surface area contributed by atoms with E-state index in [0.717, 1.165) is 27.5 Å². The summed E-state index contributed by atoms with van der Waals surface area (Å²) in [4.78, 5) is 9.07. The third-order valence-corrected chi connectivity index (χ3v) is 4.20. The van der Waals surface area contributed by atoms with E-state index >= 15 is 0 Å². The third kappa shape index (κ3) is 2.83. The minimum Gasteiger partial charge on any atom is -0.233 e. The number of nitrogens with zero attached hydrogens (tertiary/aromatic N) is 2. The zero-order chi connectivity index (χ0) is 13.9. The molecule has 20 heavy (non-hydrogen) atoms. The van der Waals surface area contributed by atoms with E-state index in [2.05, 4.69) is 47.2 Å². The summed E-state index contributed by atoms with van der Waals surface area (Å²) in [6.07, 6.45) is 0. The molecule has 0 aliphatic heterocycles. The van der Waals surface area contributed by atoms with Crippen LogP contribution in [0.15, 0.2) is 53.6 Å². The minimum absolute atomic E-state index is 0.829. The molecule has 3 heteroatoms. The quantitative estimate of drug-likeness (QED) is 0.520. The fraction of sp³-hybridized carbons (Fsp3) is 0.176. The highest BCUT2D eigenvalue weighted by atomic mass is 32.2. The van der Waals surface area contributed by atoms with Gasteiger partial charge in [-0.2, -0.15) is 0 Å². The van der Waals surface area contributed by atoms with E-state index in [1.807, 2.05) is 25.1 Å². The van der Waals surface area contributed by atoms with Crippen molar-refractivity contribution in [2.75, 3.05) is 0 Å². The Hall–Kier alpha value is -1.87. The molecule has 2 nitrogen and oxygen atoms in total. The summed E-state index contributed by atoms with van der Waals surface area (Å²) in [5.41, 5.74) is 3.65. The van der Waals surface area contributed by atoms with E-state index in [1.165, 1.54) is 11.1 Å². The van der Waals surface area contributed by atoms with Gasteiger partial charge in [0.15, 0.2) is 0 Å². The van der Waals surface area contributed by atoms with E-state index < -0.39 is 0 Å². The second-order valence-electron chi connectivity index (χ2n) is 4.87. The fourth-order valence-electron chi connectivity index (χ4n) is 2.22. The van der Waals surface area contributed by atoms with Crippen LogP contribution in [0.4, 0.5) is 0 Å². The Balaban J connectivity index is 1.91. The topological polar surface area (TPSA) is 25.8 Å². The van der Waals surface area contributed by atoms with Crippen molar-refractivity contribution in [2.24, 2.45) is 0 Å². The lowest BCUT2D eigenvalue weighted by atomic mass is 10.2. The molecular formula is C17H16N2S. The maximum absolute atomic E-state index is 4.59. The maximum Gasteiger partial charge on any atom is 0.127 e.